The van der Waals surface area contributed by atoms with Crippen LogP contribution >= 0.6 is 0 Å². The van der Waals surface area contributed by atoms with Crippen LogP contribution < -0.4 is 15.4 Å². The normalized spacial score (nSPS) is 19.2. The number of rotatable bonds is 5. The highest BCUT2D eigenvalue weighted by Gasteiger charge is 2.21. The van der Waals surface area contributed by atoms with Gasteiger partial charge in [0.05, 0.1) is 4.90 Å². The van der Waals surface area contributed by atoms with E-state index >= 15 is 0 Å². The van der Waals surface area contributed by atoms with Crippen molar-refractivity contribution in [2.24, 2.45) is 0 Å². The van der Waals surface area contributed by atoms with Crippen LogP contribution in [0.5, 0.6) is 0 Å². The number of hydrogen-bond donors (Lipinski definition) is 3. The Morgan fingerprint density at radius 1 is 1.33 bits per heavy atom. The molecular formula is C14H21N3O3S. The second kappa shape index (κ2) is 7.02. The quantitative estimate of drug-likeness (QED) is 0.732. The number of hydrogen-bond acceptors (Lipinski definition) is 4. The molecule has 1 atom stereocenters. The van der Waals surface area contributed by atoms with Gasteiger partial charge in [-0.25, -0.2) is 13.1 Å². The lowest BCUT2D eigenvalue weighted by molar-refractivity contribution is -0.119. The highest BCUT2D eigenvalue weighted by molar-refractivity contribution is 7.89. The Bertz CT molecular complexity index is 578. The van der Waals surface area contributed by atoms with Crippen molar-refractivity contribution >= 4 is 15.9 Å². The van der Waals surface area contributed by atoms with E-state index < -0.39 is 10.0 Å². The fourth-order valence-corrected chi connectivity index (χ4v) is 3.52. The maximum Gasteiger partial charge on any atom is 0.240 e. The van der Waals surface area contributed by atoms with E-state index in [9.17, 15) is 13.2 Å². The molecule has 0 aliphatic carbocycles. The minimum atomic E-state index is -3.49. The van der Waals surface area contributed by atoms with Crippen molar-refractivity contribution in [1.29, 1.82) is 0 Å². The molecule has 0 unspecified atom stereocenters. The maximum absolute atomic E-state index is 12.3. The Kier molecular flexibility index (Phi) is 5.33. The Morgan fingerprint density at radius 2 is 2.05 bits per heavy atom. The van der Waals surface area contributed by atoms with Crippen molar-refractivity contribution in [3.8, 4) is 0 Å². The molecule has 7 heteroatoms. The predicted octanol–water partition coefficient (Wildman–Crippen LogP) is 0.353. The molecule has 6 nitrogen and oxygen atoms in total. The van der Waals surface area contributed by atoms with Gasteiger partial charge in [0, 0.05) is 26.1 Å². The summed E-state index contributed by atoms with van der Waals surface area (Å²) in [5.74, 6) is -0.113. The van der Waals surface area contributed by atoms with Crippen molar-refractivity contribution in [1.82, 2.24) is 15.4 Å². The van der Waals surface area contributed by atoms with E-state index in [-0.39, 0.29) is 16.8 Å². The zero-order chi connectivity index (χ0) is 15.3. The van der Waals surface area contributed by atoms with Gasteiger partial charge in [0.25, 0.3) is 0 Å². The van der Waals surface area contributed by atoms with E-state index in [1.807, 2.05) is 0 Å². The van der Waals surface area contributed by atoms with Crippen LogP contribution in [0.15, 0.2) is 29.2 Å². The van der Waals surface area contributed by atoms with Gasteiger partial charge in [0.15, 0.2) is 0 Å². The van der Waals surface area contributed by atoms with Crippen LogP contribution in [0.2, 0.25) is 0 Å². The number of nitrogens with one attached hydrogen (secondary N) is 3. The number of amides is 1. The predicted molar refractivity (Wildman–Crippen MR) is 80.2 cm³/mol. The maximum atomic E-state index is 12.3. The third kappa shape index (κ3) is 4.80. The number of carbonyl (C=O) groups excluding carboxylic acids is 1. The van der Waals surface area contributed by atoms with Crippen LogP contribution in [-0.4, -0.2) is 33.5 Å². The summed E-state index contributed by atoms with van der Waals surface area (Å²) in [6, 6.07) is 6.50. The largest absolute Gasteiger partial charge is 0.352 e. The van der Waals surface area contributed by atoms with Gasteiger partial charge in [-0.2, -0.15) is 0 Å². The zero-order valence-electron chi connectivity index (χ0n) is 12.1. The first-order valence-electron chi connectivity index (χ1n) is 7.04. The average molecular weight is 311 g/mol. The lowest BCUT2D eigenvalue weighted by Gasteiger charge is -2.23. The summed E-state index contributed by atoms with van der Waals surface area (Å²) in [5, 5.41) is 5.85. The molecule has 1 heterocycles. The third-order valence-electron chi connectivity index (χ3n) is 3.39. The van der Waals surface area contributed by atoms with Gasteiger partial charge >= 0.3 is 0 Å². The Labute approximate surface area is 125 Å². The van der Waals surface area contributed by atoms with Crippen molar-refractivity contribution in [2.75, 3.05) is 13.1 Å². The van der Waals surface area contributed by atoms with E-state index in [4.69, 9.17) is 0 Å². The number of piperidine rings is 1. The first-order valence-corrected chi connectivity index (χ1v) is 8.52. The van der Waals surface area contributed by atoms with Crippen LogP contribution in [0.25, 0.3) is 0 Å². The molecule has 1 aliphatic heterocycles. The summed E-state index contributed by atoms with van der Waals surface area (Å²) in [6.07, 6.45) is 1.83. The number of benzene rings is 1. The van der Waals surface area contributed by atoms with Crippen LogP contribution in [0.3, 0.4) is 0 Å². The second-order valence-corrected chi connectivity index (χ2v) is 6.93. The molecule has 21 heavy (non-hydrogen) atoms. The van der Waals surface area contributed by atoms with Gasteiger partial charge in [-0.3, -0.25) is 4.79 Å². The lowest BCUT2D eigenvalue weighted by atomic mass is 10.1. The number of carbonyl (C=O) groups is 1. The van der Waals surface area contributed by atoms with Gasteiger partial charge < -0.3 is 10.6 Å². The Balaban J connectivity index is 2.00. The first-order chi connectivity index (χ1) is 9.97. The SMILES string of the molecule is CC(=O)NCc1ccc(S(=O)(=O)N[C@@H]2CCCNC2)cc1. The summed E-state index contributed by atoms with van der Waals surface area (Å²) in [6.45, 7) is 3.45. The average Bonchev–Trinajstić information content (AvgIpc) is 2.46. The van der Waals surface area contributed by atoms with Gasteiger partial charge in [0.1, 0.15) is 0 Å². The molecule has 1 aromatic carbocycles. The van der Waals surface area contributed by atoms with E-state index in [0.29, 0.717) is 13.1 Å². The first kappa shape index (κ1) is 15.9. The van der Waals surface area contributed by atoms with Crippen LogP contribution in [0.4, 0.5) is 0 Å². The molecule has 0 bridgehead atoms. The highest BCUT2D eigenvalue weighted by atomic mass is 32.2. The minimum Gasteiger partial charge on any atom is -0.352 e. The molecule has 1 aromatic rings. The topological polar surface area (TPSA) is 87.3 Å². The molecule has 1 amide bonds. The standard InChI is InChI=1S/C14H21N3O3S/c1-11(18)16-9-12-4-6-14(7-5-12)21(19,20)17-13-3-2-8-15-10-13/h4-7,13,15,17H,2-3,8-10H2,1H3,(H,16,18)/t13-/m1/s1. The molecule has 0 radical (unpaired) electrons. The molecule has 0 spiro atoms. The van der Waals surface area contributed by atoms with E-state index in [0.717, 1.165) is 24.9 Å². The minimum absolute atomic E-state index is 0.0530. The molecule has 0 aromatic heterocycles. The summed E-state index contributed by atoms with van der Waals surface area (Å²) < 4.78 is 27.3. The fourth-order valence-electron chi connectivity index (χ4n) is 2.25. The van der Waals surface area contributed by atoms with Crippen LogP contribution in [-0.2, 0) is 21.4 Å². The van der Waals surface area contributed by atoms with E-state index in [1.165, 1.54) is 6.92 Å². The monoisotopic (exact) mass is 311 g/mol. The molecule has 1 saturated heterocycles. The molecule has 2 rings (SSSR count). The molecule has 1 fully saturated rings. The smallest absolute Gasteiger partial charge is 0.240 e. The molecule has 3 N–H and O–H groups in total. The molecule has 0 saturated carbocycles. The summed E-state index contributed by atoms with van der Waals surface area (Å²) in [4.78, 5) is 11.1. The zero-order valence-corrected chi connectivity index (χ0v) is 12.9. The molecule has 116 valence electrons. The Morgan fingerprint density at radius 3 is 2.62 bits per heavy atom. The lowest BCUT2D eigenvalue weighted by Crippen LogP contribution is -2.45. The molecule has 1 aliphatic rings. The van der Waals surface area contributed by atoms with Crippen molar-refractivity contribution in [3.05, 3.63) is 29.8 Å². The second-order valence-electron chi connectivity index (χ2n) is 5.22. The summed E-state index contributed by atoms with van der Waals surface area (Å²) in [7, 11) is -3.49. The van der Waals surface area contributed by atoms with Crippen molar-refractivity contribution in [3.63, 3.8) is 0 Å². The van der Waals surface area contributed by atoms with E-state index in [1.54, 1.807) is 24.3 Å². The van der Waals surface area contributed by atoms with Crippen LogP contribution in [0.1, 0.15) is 25.3 Å². The summed E-state index contributed by atoms with van der Waals surface area (Å²) in [5.41, 5.74) is 0.864. The van der Waals surface area contributed by atoms with Crippen molar-refractivity contribution < 1.29 is 13.2 Å². The van der Waals surface area contributed by atoms with Gasteiger partial charge in [-0.05, 0) is 37.1 Å². The van der Waals surface area contributed by atoms with Gasteiger partial charge in [-0.15, -0.1) is 0 Å². The number of sulfonamides is 1. The third-order valence-corrected chi connectivity index (χ3v) is 4.93. The van der Waals surface area contributed by atoms with Gasteiger partial charge in [-0.1, -0.05) is 12.1 Å². The van der Waals surface area contributed by atoms with Gasteiger partial charge in [0.2, 0.25) is 15.9 Å². The van der Waals surface area contributed by atoms with Crippen molar-refractivity contribution in [2.45, 2.75) is 37.2 Å². The highest BCUT2D eigenvalue weighted by Crippen LogP contribution is 2.13. The fraction of sp³-hybridized carbons (Fsp3) is 0.500. The molecular weight excluding hydrogens is 290 g/mol. The van der Waals surface area contributed by atoms with Crippen LogP contribution in [0, 0.1) is 0 Å². The Hall–Kier alpha value is -1.44. The summed E-state index contributed by atoms with van der Waals surface area (Å²) >= 11 is 0. The van der Waals surface area contributed by atoms with E-state index in [2.05, 4.69) is 15.4 Å².